The second kappa shape index (κ2) is 7.55. The van der Waals surface area contributed by atoms with E-state index in [4.69, 9.17) is 4.55 Å². The molecule has 0 aliphatic carbocycles. The molecule has 0 heterocycles. The second-order valence-electron chi connectivity index (χ2n) is 3.46. The normalized spacial score (nSPS) is 11.8. The van der Waals surface area contributed by atoms with Gasteiger partial charge in [0.05, 0.1) is 6.61 Å². The molecule has 0 aromatic rings. The topological polar surface area (TPSA) is 105 Å². The lowest BCUT2D eigenvalue weighted by Gasteiger charge is -2.08. The molecule has 3 N–H and O–H groups in total. The highest BCUT2D eigenvalue weighted by Gasteiger charge is 2.05. The van der Waals surface area contributed by atoms with Crippen LogP contribution in [0, 0.1) is 0 Å². The lowest BCUT2D eigenvalue weighted by atomic mass is 10.3. The molecule has 8 heteroatoms. The van der Waals surface area contributed by atoms with Crippen LogP contribution >= 0.6 is 0 Å². The Bertz CT molecular complexity index is 302. The molecule has 0 aromatic carbocycles. The molecule has 0 radical (unpaired) electrons. The first-order valence-electron chi connectivity index (χ1n) is 4.93. The molecular formula is C8H18N2O5S. The van der Waals surface area contributed by atoms with E-state index in [0.717, 1.165) is 0 Å². The molecule has 0 saturated carbocycles. The van der Waals surface area contributed by atoms with Crippen molar-refractivity contribution in [1.29, 1.82) is 0 Å². The lowest BCUT2D eigenvalue weighted by molar-refractivity contribution is -0.121. The fraction of sp³-hybridized carbons (Fsp3) is 0.875. The van der Waals surface area contributed by atoms with Crippen LogP contribution in [0.2, 0.25) is 0 Å². The third kappa shape index (κ3) is 11.4. The summed E-state index contributed by atoms with van der Waals surface area (Å²) in [5, 5.41) is 5.51. The third-order valence-electron chi connectivity index (χ3n) is 1.56. The number of rotatable bonds is 8. The van der Waals surface area contributed by atoms with Crippen LogP contribution in [0.15, 0.2) is 0 Å². The Morgan fingerprint density at radius 2 is 2.00 bits per heavy atom. The van der Waals surface area contributed by atoms with Crippen LogP contribution in [0.5, 0.6) is 0 Å². The van der Waals surface area contributed by atoms with Gasteiger partial charge in [0.1, 0.15) is 0 Å². The third-order valence-corrected chi connectivity index (χ3v) is 2.03. The number of hydrogen-bond donors (Lipinski definition) is 3. The number of amides is 1. The van der Waals surface area contributed by atoms with E-state index in [1.165, 1.54) is 0 Å². The number of carbonyl (C=O) groups excluding carboxylic acids is 1. The lowest BCUT2D eigenvalue weighted by Crippen LogP contribution is -2.32. The van der Waals surface area contributed by atoms with E-state index in [1.807, 2.05) is 13.8 Å². The van der Waals surface area contributed by atoms with Crippen molar-refractivity contribution < 1.29 is 21.9 Å². The van der Waals surface area contributed by atoms with Crippen LogP contribution in [-0.2, 0) is 19.4 Å². The molecule has 0 aromatic heterocycles. The van der Waals surface area contributed by atoms with E-state index in [2.05, 4.69) is 14.8 Å². The number of carbonyl (C=O) groups is 1. The SMILES string of the molecule is CC(C)NCCC(=O)NCCOS(=O)(=O)O. The van der Waals surface area contributed by atoms with Gasteiger partial charge in [-0.2, -0.15) is 8.42 Å². The van der Waals surface area contributed by atoms with Crippen molar-refractivity contribution in [2.24, 2.45) is 0 Å². The molecule has 16 heavy (non-hydrogen) atoms. The van der Waals surface area contributed by atoms with Crippen molar-refractivity contribution in [3.63, 3.8) is 0 Å². The molecule has 0 bridgehead atoms. The summed E-state index contributed by atoms with van der Waals surface area (Å²) in [5.41, 5.74) is 0. The summed E-state index contributed by atoms with van der Waals surface area (Å²) in [6, 6.07) is 0.315. The highest BCUT2D eigenvalue weighted by molar-refractivity contribution is 7.80. The maximum atomic E-state index is 11.1. The summed E-state index contributed by atoms with van der Waals surface area (Å²) in [6.07, 6.45) is 0.310. The zero-order valence-electron chi connectivity index (χ0n) is 9.39. The van der Waals surface area contributed by atoms with Crippen LogP contribution in [-0.4, -0.2) is 44.6 Å². The minimum absolute atomic E-state index is 0.0420. The van der Waals surface area contributed by atoms with E-state index >= 15 is 0 Å². The van der Waals surface area contributed by atoms with Gasteiger partial charge in [-0.15, -0.1) is 0 Å². The fourth-order valence-electron chi connectivity index (χ4n) is 0.900. The zero-order chi connectivity index (χ0) is 12.6. The van der Waals surface area contributed by atoms with Gasteiger partial charge in [-0.05, 0) is 0 Å². The highest BCUT2D eigenvalue weighted by Crippen LogP contribution is 1.85. The molecule has 0 unspecified atom stereocenters. The van der Waals surface area contributed by atoms with Crippen molar-refractivity contribution in [1.82, 2.24) is 10.6 Å². The Labute approximate surface area is 95.5 Å². The molecule has 0 rings (SSSR count). The Hall–Kier alpha value is -0.700. The molecule has 96 valence electrons. The monoisotopic (exact) mass is 254 g/mol. The van der Waals surface area contributed by atoms with Crippen LogP contribution < -0.4 is 10.6 Å². The molecule has 0 saturated heterocycles. The molecule has 0 aliphatic heterocycles. The molecule has 0 aliphatic rings. The molecule has 0 atom stereocenters. The van der Waals surface area contributed by atoms with Crippen molar-refractivity contribution >= 4 is 16.3 Å². The van der Waals surface area contributed by atoms with Crippen LogP contribution in [0.1, 0.15) is 20.3 Å². The van der Waals surface area contributed by atoms with Crippen LogP contribution in [0.3, 0.4) is 0 Å². The van der Waals surface area contributed by atoms with Gasteiger partial charge in [-0.3, -0.25) is 9.35 Å². The molecule has 1 amide bonds. The Balaban J connectivity index is 3.45. The Morgan fingerprint density at radius 1 is 1.38 bits per heavy atom. The fourth-order valence-corrected chi connectivity index (χ4v) is 1.19. The summed E-state index contributed by atoms with van der Waals surface area (Å²) in [4.78, 5) is 11.1. The maximum Gasteiger partial charge on any atom is 0.397 e. The first-order valence-corrected chi connectivity index (χ1v) is 6.29. The maximum absolute atomic E-state index is 11.1. The van der Waals surface area contributed by atoms with Gasteiger partial charge >= 0.3 is 10.4 Å². The van der Waals surface area contributed by atoms with E-state index in [0.29, 0.717) is 19.0 Å². The summed E-state index contributed by atoms with van der Waals surface area (Å²) >= 11 is 0. The minimum Gasteiger partial charge on any atom is -0.354 e. The number of nitrogens with one attached hydrogen (secondary N) is 2. The molecule has 7 nitrogen and oxygen atoms in total. The largest absolute Gasteiger partial charge is 0.397 e. The zero-order valence-corrected chi connectivity index (χ0v) is 10.2. The van der Waals surface area contributed by atoms with E-state index in [1.54, 1.807) is 0 Å². The van der Waals surface area contributed by atoms with Gasteiger partial charge in [0, 0.05) is 25.6 Å². The van der Waals surface area contributed by atoms with Gasteiger partial charge in [0.15, 0.2) is 0 Å². The smallest absolute Gasteiger partial charge is 0.354 e. The van der Waals surface area contributed by atoms with E-state index in [-0.39, 0.29) is 19.1 Å². The Kier molecular flexibility index (Phi) is 7.22. The molecular weight excluding hydrogens is 236 g/mol. The molecule has 0 spiro atoms. The van der Waals surface area contributed by atoms with E-state index < -0.39 is 10.4 Å². The van der Waals surface area contributed by atoms with Crippen molar-refractivity contribution in [2.75, 3.05) is 19.7 Å². The predicted octanol–water partition coefficient (Wildman–Crippen LogP) is -0.690. The second-order valence-corrected chi connectivity index (χ2v) is 4.55. The minimum atomic E-state index is -4.41. The summed E-state index contributed by atoms with van der Waals surface area (Å²) in [6.45, 7) is 4.26. The van der Waals surface area contributed by atoms with Crippen molar-refractivity contribution in [2.45, 2.75) is 26.3 Å². The summed E-state index contributed by atoms with van der Waals surface area (Å²) in [7, 11) is -4.41. The first kappa shape index (κ1) is 15.3. The quantitative estimate of drug-likeness (QED) is 0.391. The van der Waals surface area contributed by atoms with Gasteiger partial charge < -0.3 is 10.6 Å². The van der Waals surface area contributed by atoms with Crippen molar-refractivity contribution in [3.8, 4) is 0 Å². The first-order chi connectivity index (χ1) is 7.31. The van der Waals surface area contributed by atoms with E-state index in [9.17, 15) is 13.2 Å². The summed E-state index contributed by atoms with van der Waals surface area (Å²) < 4.78 is 32.5. The van der Waals surface area contributed by atoms with Gasteiger partial charge in [-0.1, -0.05) is 13.8 Å². The van der Waals surface area contributed by atoms with Gasteiger partial charge in [0.2, 0.25) is 5.91 Å². The Morgan fingerprint density at radius 3 is 2.50 bits per heavy atom. The van der Waals surface area contributed by atoms with Crippen LogP contribution in [0.4, 0.5) is 0 Å². The summed E-state index contributed by atoms with van der Waals surface area (Å²) in [5.74, 6) is -0.202. The highest BCUT2D eigenvalue weighted by atomic mass is 32.3. The average molecular weight is 254 g/mol. The predicted molar refractivity (Wildman–Crippen MR) is 58.3 cm³/mol. The number of hydrogen-bond acceptors (Lipinski definition) is 5. The van der Waals surface area contributed by atoms with Gasteiger partial charge in [0.25, 0.3) is 0 Å². The van der Waals surface area contributed by atoms with Gasteiger partial charge in [-0.25, -0.2) is 4.18 Å². The standard InChI is InChI=1S/C8H18N2O5S/c1-7(2)9-4-3-8(11)10-5-6-15-16(12,13)14/h7,9H,3-6H2,1-2H3,(H,10,11)(H,12,13,14). The average Bonchev–Trinajstić information content (AvgIpc) is 2.10. The van der Waals surface area contributed by atoms with Crippen molar-refractivity contribution in [3.05, 3.63) is 0 Å². The van der Waals surface area contributed by atoms with Crippen LogP contribution in [0.25, 0.3) is 0 Å². The molecule has 0 fully saturated rings.